The summed E-state index contributed by atoms with van der Waals surface area (Å²) < 4.78 is 5.55. The fourth-order valence-corrected chi connectivity index (χ4v) is 4.02. The van der Waals surface area contributed by atoms with Gasteiger partial charge < -0.3 is 15.8 Å². The number of ether oxygens (including phenoxy) is 1. The molecule has 7 heteroatoms. The molecule has 1 aliphatic carbocycles. The number of nitrogens with one attached hydrogen (secondary N) is 1. The third kappa shape index (κ3) is 2.65. The average molecular weight is 330 g/mol. The molecule has 2 fully saturated rings. The molecule has 2 aromatic rings. The van der Waals surface area contributed by atoms with Gasteiger partial charge in [-0.15, -0.1) is 11.3 Å². The van der Waals surface area contributed by atoms with Crippen molar-refractivity contribution >= 4 is 22.4 Å². The number of anilines is 1. The van der Waals surface area contributed by atoms with Crippen LogP contribution in [0.25, 0.3) is 11.4 Å². The Hall–Kier alpha value is -1.83. The molecule has 1 amide bonds. The van der Waals surface area contributed by atoms with Gasteiger partial charge in [0.05, 0.1) is 18.8 Å². The summed E-state index contributed by atoms with van der Waals surface area (Å²) in [4.78, 5) is 20.6. The van der Waals surface area contributed by atoms with Crippen LogP contribution in [0.2, 0.25) is 0 Å². The molecule has 3 heterocycles. The highest BCUT2D eigenvalue weighted by molar-refractivity contribution is 7.14. The van der Waals surface area contributed by atoms with E-state index in [-0.39, 0.29) is 17.9 Å². The maximum atomic E-state index is 11.3. The molecule has 1 aliphatic heterocycles. The minimum absolute atomic E-state index is 0.0470. The van der Waals surface area contributed by atoms with Crippen LogP contribution in [0.3, 0.4) is 0 Å². The van der Waals surface area contributed by atoms with Crippen molar-refractivity contribution in [2.45, 2.75) is 18.3 Å². The van der Waals surface area contributed by atoms with Gasteiger partial charge in [-0.25, -0.2) is 4.98 Å². The predicted molar refractivity (Wildman–Crippen MR) is 88.3 cm³/mol. The van der Waals surface area contributed by atoms with Crippen molar-refractivity contribution in [1.29, 1.82) is 0 Å². The number of amides is 1. The van der Waals surface area contributed by atoms with Crippen molar-refractivity contribution in [2.24, 2.45) is 11.7 Å². The molecule has 1 saturated heterocycles. The zero-order chi connectivity index (χ0) is 15.9. The van der Waals surface area contributed by atoms with E-state index in [1.54, 1.807) is 0 Å². The number of carbonyl (C=O) groups is 1. The van der Waals surface area contributed by atoms with Crippen LogP contribution >= 0.6 is 11.3 Å². The zero-order valence-corrected chi connectivity index (χ0v) is 13.4. The lowest BCUT2D eigenvalue weighted by atomic mass is 9.93. The van der Waals surface area contributed by atoms with Crippen molar-refractivity contribution < 1.29 is 9.53 Å². The summed E-state index contributed by atoms with van der Waals surface area (Å²) >= 11 is 1.38. The van der Waals surface area contributed by atoms with E-state index in [0.717, 1.165) is 36.7 Å². The Kier molecular flexibility index (Phi) is 3.63. The third-order valence-electron chi connectivity index (χ3n) is 4.70. The Bertz CT molecular complexity index is 747. The van der Waals surface area contributed by atoms with Crippen molar-refractivity contribution in [3.63, 3.8) is 0 Å². The number of thiazole rings is 1. The number of carbonyl (C=O) groups excluding carboxylic acids is 1. The highest BCUT2D eigenvalue weighted by atomic mass is 32.1. The summed E-state index contributed by atoms with van der Waals surface area (Å²) in [6, 6.07) is 6.10. The van der Waals surface area contributed by atoms with Gasteiger partial charge in [0, 0.05) is 23.1 Å². The predicted octanol–water partition coefficient (Wildman–Crippen LogP) is 1.78. The quantitative estimate of drug-likeness (QED) is 0.892. The molecule has 4 rings (SSSR count). The highest BCUT2D eigenvalue weighted by Gasteiger charge is 2.57. The lowest BCUT2D eigenvalue weighted by molar-refractivity contribution is -0.114. The second kappa shape index (κ2) is 5.67. The molecule has 23 heavy (non-hydrogen) atoms. The molecule has 2 aromatic heterocycles. The maximum Gasteiger partial charge on any atom is 0.239 e. The Morgan fingerprint density at radius 3 is 3.17 bits per heavy atom. The Labute approximate surface area is 138 Å². The number of rotatable bonds is 4. The lowest BCUT2D eigenvalue weighted by Crippen LogP contribution is -2.22. The molecule has 0 bridgehead atoms. The molecule has 0 spiro atoms. The van der Waals surface area contributed by atoms with Gasteiger partial charge in [-0.2, -0.15) is 0 Å². The number of hydrogen-bond acceptors (Lipinski definition) is 6. The standard InChI is InChI=1S/C16H18N4O2S/c17-7-14(21)20-15-19-12(9-23-15)11-2-1-3-13(18-11)16-4-5-22-8-10(16)6-16/h1-3,9-10H,4-8,17H2,(H,19,20,21). The first-order valence-electron chi connectivity index (χ1n) is 7.72. The van der Waals surface area contributed by atoms with Crippen LogP contribution in [-0.2, 0) is 14.9 Å². The summed E-state index contributed by atoms with van der Waals surface area (Å²) in [5.74, 6) is 0.364. The molecule has 2 aliphatic rings. The van der Waals surface area contributed by atoms with Crippen molar-refractivity contribution in [1.82, 2.24) is 9.97 Å². The van der Waals surface area contributed by atoms with Crippen LogP contribution in [0.1, 0.15) is 18.5 Å². The number of nitrogens with zero attached hydrogens (tertiary/aromatic N) is 2. The lowest BCUT2D eigenvalue weighted by Gasteiger charge is -2.22. The Morgan fingerprint density at radius 1 is 1.43 bits per heavy atom. The molecule has 0 aromatic carbocycles. The van der Waals surface area contributed by atoms with Crippen LogP contribution in [0.15, 0.2) is 23.6 Å². The van der Waals surface area contributed by atoms with Crippen LogP contribution < -0.4 is 11.1 Å². The molecular formula is C16H18N4O2S. The van der Waals surface area contributed by atoms with Crippen LogP contribution in [0.4, 0.5) is 5.13 Å². The summed E-state index contributed by atoms with van der Waals surface area (Å²) in [6.45, 7) is 1.61. The summed E-state index contributed by atoms with van der Waals surface area (Å²) in [5.41, 5.74) is 8.28. The second-order valence-corrected chi connectivity index (χ2v) is 6.94. The first kappa shape index (κ1) is 14.7. The van der Waals surface area contributed by atoms with Crippen molar-refractivity contribution in [3.05, 3.63) is 29.3 Å². The molecule has 1 saturated carbocycles. The third-order valence-corrected chi connectivity index (χ3v) is 5.46. The van der Waals surface area contributed by atoms with Gasteiger partial charge in [-0.1, -0.05) is 6.07 Å². The molecular weight excluding hydrogens is 312 g/mol. The number of aromatic nitrogens is 2. The molecule has 2 atom stereocenters. The normalized spacial score (nSPS) is 25.7. The molecule has 2 unspecified atom stereocenters. The fourth-order valence-electron chi connectivity index (χ4n) is 3.30. The molecule has 0 radical (unpaired) electrons. The fraction of sp³-hybridized carbons (Fsp3) is 0.438. The van der Waals surface area contributed by atoms with Crippen molar-refractivity contribution in [2.75, 3.05) is 25.1 Å². The summed E-state index contributed by atoms with van der Waals surface area (Å²) in [7, 11) is 0. The van der Waals surface area contributed by atoms with E-state index in [1.807, 2.05) is 17.5 Å². The number of nitrogens with two attached hydrogens (primary N) is 1. The maximum absolute atomic E-state index is 11.3. The van der Waals surface area contributed by atoms with E-state index in [9.17, 15) is 4.79 Å². The topological polar surface area (TPSA) is 90.1 Å². The van der Waals surface area contributed by atoms with E-state index in [2.05, 4.69) is 16.4 Å². The average Bonchev–Trinajstić information content (AvgIpc) is 3.18. The first-order chi connectivity index (χ1) is 11.2. The SMILES string of the molecule is NCC(=O)Nc1nc(-c2cccc(C34CCOCC3C4)n2)cs1. The van der Waals surface area contributed by atoms with Gasteiger partial charge in [0.15, 0.2) is 5.13 Å². The minimum Gasteiger partial charge on any atom is -0.381 e. The van der Waals surface area contributed by atoms with E-state index in [0.29, 0.717) is 11.0 Å². The minimum atomic E-state index is -0.241. The summed E-state index contributed by atoms with van der Waals surface area (Å²) in [5, 5.41) is 5.13. The van der Waals surface area contributed by atoms with E-state index in [1.165, 1.54) is 17.8 Å². The Morgan fingerprint density at radius 2 is 2.35 bits per heavy atom. The zero-order valence-electron chi connectivity index (χ0n) is 12.6. The number of fused-ring (bicyclic) bond motifs is 1. The van der Waals surface area contributed by atoms with Gasteiger partial charge in [-0.05, 0) is 30.9 Å². The second-order valence-electron chi connectivity index (χ2n) is 6.08. The monoisotopic (exact) mass is 330 g/mol. The van der Waals surface area contributed by atoms with E-state index >= 15 is 0 Å². The number of hydrogen-bond donors (Lipinski definition) is 2. The Balaban J connectivity index is 1.58. The largest absolute Gasteiger partial charge is 0.381 e. The molecule has 3 N–H and O–H groups in total. The smallest absolute Gasteiger partial charge is 0.239 e. The highest BCUT2D eigenvalue weighted by Crippen LogP contribution is 2.58. The van der Waals surface area contributed by atoms with Gasteiger partial charge in [-0.3, -0.25) is 9.78 Å². The van der Waals surface area contributed by atoms with Crippen molar-refractivity contribution in [3.8, 4) is 11.4 Å². The van der Waals surface area contributed by atoms with Crippen LogP contribution in [-0.4, -0.2) is 35.6 Å². The van der Waals surface area contributed by atoms with E-state index < -0.39 is 0 Å². The van der Waals surface area contributed by atoms with E-state index in [4.69, 9.17) is 15.5 Å². The van der Waals surface area contributed by atoms with Gasteiger partial charge in [0.1, 0.15) is 5.69 Å². The van der Waals surface area contributed by atoms with Gasteiger partial charge in [0.25, 0.3) is 0 Å². The molecule has 120 valence electrons. The summed E-state index contributed by atoms with van der Waals surface area (Å²) in [6.07, 6.45) is 2.21. The van der Waals surface area contributed by atoms with Gasteiger partial charge >= 0.3 is 0 Å². The number of pyridine rings is 1. The van der Waals surface area contributed by atoms with Crippen LogP contribution in [0, 0.1) is 5.92 Å². The van der Waals surface area contributed by atoms with Crippen LogP contribution in [0.5, 0.6) is 0 Å². The van der Waals surface area contributed by atoms with Gasteiger partial charge in [0.2, 0.25) is 5.91 Å². The molecule has 6 nitrogen and oxygen atoms in total. The first-order valence-corrected chi connectivity index (χ1v) is 8.60.